The van der Waals surface area contributed by atoms with Crippen LogP contribution < -0.4 is 11.0 Å². The number of para-hydroxylation sites is 1. The van der Waals surface area contributed by atoms with Gasteiger partial charge < -0.3 is 5.43 Å². The average molecular weight is 418 g/mol. The van der Waals surface area contributed by atoms with Gasteiger partial charge in [-0.3, -0.25) is 4.79 Å². The fraction of sp³-hybridized carbons (Fsp3) is 0.200. The Morgan fingerprint density at radius 2 is 1.70 bits per heavy atom. The molecule has 4 rings (SSSR count). The third-order valence-electron chi connectivity index (χ3n) is 5.19. The molecule has 0 aliphatic heterocycles. The number of rotatable bonds is 7. The van der Waals surface area contributed by atoms with Gasteiger partial charge in [0, 0.05) is 10.6 Å². The molecule has 1 heterocycles. The van der Waals surface area contributed by atoms with Crippen molar-refractivity contribution >= 4 is 22.5 Å². The van der Waals surface area contributed by atoms with E-state index in [-0.39, 0.29) is 5.56 Å². The summed E-state index contributed by atoms with van der Waals surface area (Å²) in [5.41, 5.74) is 6.89. The van der Waals surface area contributed by atoms with Crippen LogP contribution in [0.2, 0.25) is 5.02 Å². The van der Waals surface area contributed by atoms with E-state index >= 15 is 0 Å². The number of unbranched alkanes of at least 4 members (excludes halogenated alkanes) is 1. The van der Waals surface area contributed by atoms with Crippen molar-refractivity contribution in [1.82, 2.24) is 9.66 Å². The summed E-state index contributed by atoms with van der Waals surface area (Å²) in [5.74, 6) is 0.591. The zero-order valence-corrected chi connectivity index (χ0v) is 17.7. The van der Waals surface area contributed by atoms with Crippen LogP contribution in [0.25, 0.3) is 22.3 Å². The predicted octanol–water partition coefficient (Wildman–Crippen LogP) is 5.80. The Hall–Kier alpha value is -3.11. The van der Waals surface area contributed by atoms with E-state index in [1.165, 1.54) is 16.7 Å². The predicted molar refractivity (Wildman–Crippen MR) is 125 cm³/mol. The van der Waals surface area contributed by atoms with Gasteiger partial charge in [-0.05, 0) is 42.2 Å². The van der Waals surface area contributed by atoms with E-state index in [4.69, 9.17) is 16.6 Å². The number of fused-ring (bicyclic) bond motifs is 1. The highest BCUT2D eigenvalue weighted by atomic mass is 35.5. The third kappa shape index (κ3) is 4.24. The minimum atomic E-state index is -0.127. The summed E-state index contributed by atoms with van der Waals surface area (Å²) in [7, 11) is 0. The fourth-order valence-electron chi connectivity index (χ4n) is 3.48. The molecule has 152 valence electrons. The number of nitrogens with one attached hydrogen (secondary N) is 1. The van der Waals surface area contributed by atoms with Crippen LogP contribution in [0.1, 0.15) is 30.9 Å². The van der Waals surface area contributed by atoms with Gasteiger partial charge in [0.25, 0.3) is 5.56 Å². The Balaban J connectivity index is 1.76. The molecule has 0 spiro atoms. The number of hydrogen-bond acceptors (Lipinski definition) is 3. The number of aryl methyl sites for hydroxylation is 1. The Morgan fingerprint density at radius 3 is 2.47 bits per heavy atom. The lowest BCUT2D eigenvalue weighted by atomic mass is 10.1. The Morgan fingerprint density at radius 1 is 0.967 bits per heavy atom. The molecule has 0 fully saturated rings. The van der Waals surface area contributed by atoms with E-state index in [0.29, 0.717) is 28.3 Å². The maximum absolute atomic E-state index is 13.3. The van der Waals surface area contributed by atoms with Gasteiger partial charge in [-0.25, -0.2) is 9.66 Å². The van der Waals surface area contributed by atoms with Crippen molar-refractivity contribution in [2.45, 2.75) is 32.7 Å². The Kier molecular flexibility index (Phi) is 6.15. The standard InChI is InChI=1S/C25H24ClN3O/c1-2-3-8-18-13-15-19(16-14-18)24-28-23-12-7-5-10-21(23)25(30)29(24)27-17-20-9-4-6-11-22(20)26/h4-7,9-16,27H,2-3,8,17H2,1H3. The molecule has 0 amide bonds. The maximum atomic E-state index is 13.3. The van der Waals surface area contributed by atoms with Crippen molar-refractivity contribution in [3.8, 4) is 11.4 Å². The third-order valence-corrected chi connectivity index (χ3v) is 5.56. The smallest absolute Gasteiger partial charge is 0.280 e. The lowest BCUT2D eigenvalue weighted by Gasteiger charge is -2.16. The molecule has 30 heavy (non-hydrogen) atoms. The van der Waals surface area contributed by atoms with Crippen molar-refractivity contribution in [3.63, 3.8) is 0 Å². The molecule has 0 unspecified atom stereocenters. The minimum absolute atomic E-state index is 0.127. The van der Waals surface area contributed by atoms with Gasteiger partial charge in [0.2, 0.25) is 0 Å². The number of hydrogen-bond donors (Lipinski definition) is 1. The topological polar surface area (TPSA) is 46.9 Å². The fourth-order valence-corrected chi connectivity index (χ4v) is 3.68. The van der Waals surface area contributed by atoms with E-state index in [2.05, 4.69) is 24.5 Å². The molecular formula is C25H24ClN3O. The first kappa shape index (κ1) is 20.2. The lowest BCUT2D eigenvalue weighted by molar-refractivity contribution is 0.793. The van der Waals surface area contributed by atoms with Crippen molar-refractivity contribution < 1.29 is 0 Å². The molecule has 0 radical (unpaired) electrons. The lowest BCUT2D eigenvalue weighted by Crippen LogP contribution is -2.31. The van der Waals surface area contributed by atoms with Crippen LogP contribution in [0.3, 0.4) is 0 Å². The summed E-state index contributed by atoms with van der Waals surface area (Å²) in [5, 5.41) is 1.24. The van der Waals surface area contributed by atoms with Crippen LogP contribution in [0, 0.1) is 0 Å². The second-order valence-corrected chi connectivity index (χ2v) is 7.73. The van der Waals surface area contributed by atoms with Crippen LogP contribution in [-0.4, -0.2) is 9.66 Å². The Bertz CT molecular complexity index is 1220. The van der Waals surface area contributed by atoms with Gasteiger partial charge in [-0.1, -0.05) is 79.5 Å². The molecule has 1 N–H and O–H groups in total. The highest BCUT2D eigenvalue weighted by Gasteiger charge is 2.13. The minimum Gasteiger partial charge on any atom is -0.317 e. The van der Waals surface area contributed by atoms with E-state index in [9.17, 15) is 4.79 Å². The highest BCUT2D eigenvalue weighted by Crippen LogP contribution is 2.21. The molecular weight excluding hydrogens is 394 g/mol. The van der Waals surface area contributed by atoms with Gasteiger partial charge in [0.15, 0.2) is 5.82 Å². The largest absolute Gasteiger partial charge is 0.317 e. The van der Waals surface area contributed by atoms with Crippen molar-refractivity contribution in [1.29, 1.82) is 0 Å². The number of aromatic nitrogens is 2. The van der Waals surface area contributed by atoms with Crippen LogP contribution in [-0.2, 0) is 13.0 Å². The molecule has 0 bridgehead atoms. The second kappa shape index (κ2) is 9.14. The van der Waals surface area contributed by atoms with Crippen LogP contribution in [0.15, 0.2) is 77.6 Å². The van der Waals surface area contributed by atoms with E-state index in [1.807, 2.05) is 54.6 Å². The van der Waals surface area contributed by atoms with Crippen molar-refractivity contribution in [3.05, 3.63) is 99.3 Å². The first-order chi connectivity index (χ1) is 14.7. The maximum Gasteiger partial charge on any atom is 0.280 e. The van der Waals surface area contributed by atoms with Crippen LogP contribution in [0.5, 0.6) is 0 Å². The summed E-state index contributed by atoms with van der Waals surface area (Å²) >= 11 is 6.30. The molecule has 1 aromatic heterocycles. The van der Waals surface area contributed by atoms with Gasteiger partial charge in [0.1, 0.15) is 0 Å². The van der Waals surface area contributed by atoms with Crippen LogP contribution >= 0.6 is 11.6 Å². The highest BCUT2D eigenvalue weighted by molar-refractivity contribution is 6.31. The molecule has 4 nitrogen and oxygen atoms in total. The van der Waals surface area contributed by atoms with Gasteiger partial charge in [-0.15, -0.1) is 0 Å². The Labute approximate surface area is 181 Å². The number of nitrogens with zero attached hydrogens (tertiary/aromatic N) is 2. The molecule has 0 saturated heterocycles. The SMILES string of the molecule is CCCCc1ccc(-c2nc3ccccc3c(=O)n2NCc2ccccc2Cl)cc1. The zero-order chi connectivity index (χ0) is 20.9. The molecule has 0 aliphatic carbocycles. The van der Waals surface area contributed by atoms with Crippen LogP contribution in [0.4, 0.5) is 0 Å². The van der Waals surface area contributed by atoms with Gasteiger partial charge in [0.05, 0.1) is 17.4 Å². The molecule has 4 aromatic rings. The summed E-state index contributed by atoms with van der Waals surface area (Å²) < 4.78 is 1.53. The first-order valence-corrected chi connectivity index (χ1v) is 10.6. The van der Waals surface area contributed by atoms with Crippen molar-refractivity contribution in [2.75, 3.05) is 5.43 Å². The van der Waals surface area contributed by atoms with Crippen molar-refractivity contribution in [2.24, 2.45) is 0 Å². The van der Waals surface area contributed by atoms with E-state index in [0.717, 1.165) is 24.0 Å². The first-order valence-electron chi connectivity index (χ1n) is 10.3. The molecule has 3 aromatic carbocycles. The van der Waals surface area contributed by atoms with E-state index in [1.54, 1.807) is 6.07 Å². The van der Waals surface area contributed by atoms with Gasteiger partial charge >= 0.3 is 0 Å². The molecule has 0 atom stereocenters. The van der Waals surface area contributed by atoms with E-state index < -0.39 is 0 Å². The number of benzene rings is 3. The quantitative estimate of drug-likeness (QED) is 0.413. The summed E-state index contributed by atoms with van der Waals surface area (Å²) in [6.07, 6.45) is 3.39. The molecule has 5 heteroatoms. The molecule has 0 saturated carbocycles. The second-order valence-electron chi connectivity index (χ2n) is 7.32. The number of halogens is 1. The summed E-state index contributed by atoms with van der Waals surface area (Å²) in [4.78, 5) is 18.1. The zero-order valence-electron chi connectivity index (χ0n) is 16.9. The average Bonchev–Trinajstić information content (AvgIpc) is 2.78. The summed E-state index contributed by atoms with van der Waals surface area (Å²) in [6.45, 7) is 2.61. The summed E-state index contributed by atoms with van der Waals surface area (Å²) in [6, 6.07) is 23.3. The van der Waals surface area contributed by atoms with Gasteiger partial charge in [-0.2, -0.15) is 0 Å². The normalized spacial score (nSPS) is 11.0. The molecule has 0 aliphatic rings. The monoisotopic (exact) mass is 417 g/mol.